The molecule has 0 N–H and O–H groups in total. The third-order valence-electron chi connectivity index (χ3n) is 10.7. The third kappa shape index (κ3) is 6.26. The van der Waals surface area contributed by atoms with Crippen LogP contribution in [0, 0.1) is 0 Å². The van der Waals surface area contributed by atoms with Crippen molar-refractivity contribution in [2.45, 2.75) is 0 Å². The normalized spacial score (nSPS) is 11.2. The zero-order valence-electron chi connectivity index (χ0n) is 30.7. The van der Waals surface area contributed by atoms with Crippen molar-refractivity contribution in [3.8, 4) is 55.6 Å². The van der Waals surface area contributed by atoms with Crippen LogP contribution in [0.5, 0.6) is 0 Å². The molecule has 0 fully saturated rings. The number of anilines is 3. The number of benzene rings is 9. The molecule has 0 saturated carbocycles. The third-order valence-corrected chi connectivity index (χ3v) is 11.8. The maximum atomic E-state index is 2.44. The van der Waals surface area contributed by atoms with Gasteiger partial charge in [0.05, 0.1) is 5.69 Å². The smallest absolute Gasteiger partial charge is 0.0546 e. The molecule has 0 atom stereocenters. The Labute approximate surface area is 332 Å². The molecule has 0 amide bonds. The second kappa shape index (κ2) is 14.7. The van der Waals surface area contributed by atoms with Crippen molar-refractivity contribution in [1.29, 1.82) is 0 Å². The van der Waals surface area contributed by atoms with E-state index in [1.54, 1.807) is 0 Å². The fraction of sp³-hybridized carbons (Fsp3) is 0. The SMILES string of the molecule is c1ccc(-c2cccc(N(c3ccc(-c4ccc5c(c4)sc4ccccc45)cc3)c3cccc(-c4ccccc4)c3-c3ccccc3-c3ccccc3)c2)cc1. The standard InChI is InChI=1S/C54H37NS/c1-4-16-38(17-5-1)42-22-14-23-45(36-42)55(44-33-30-39(31-34-44)43-32-35-49-48-25-12-13-29-52(48)56-53(49)37-43)51-28-15-27-47(41-20-8-3-9-21-41)54(51)50-26-11-10-24-46(50)40-18-6-2-7-19-40/h1-37H. The second-order valence-electron chi connectivity index (χ2n) is 14.1. The van der Waals surface area contributed by atoms with Gasteiger partial charge in [0.1, 0.15) is 0 Å². The Hall–Kier alpha value is -7.00. The van der Waals surface area contributed by atoms with E-state index < -0.39 is 0 Å². The predicted molar refractivity (Wildman–Crippen MR) is 241 cm³/mol. The van der Waals surface area contributed by atoms with Gasteiger partial charge in [-0.1, -0.05) is 182 Å². The average molecular weight is 732 g/mol. The van der Waals surface area contributed by atoms with E-state index in [1.807, 2.05) is 11.3 Å². The summed E-state index contributed by atoms with van der Waals surface area (Å²) in [5, 5.41) is 2.64. The maximum absolute atomic E-state index is 2.44. The molecule has 2 heteroatoms. The van der Waals surface area contributed by atoms with Crippen LogP contribution in [-0.2, 0) is 0 Å². The Balaban J connectivity index is 1.18. The molecule has 10 rings (SSSR count). The highest BCUT2D eigenvalue weighted by molar-refractivity contribution is 7.25. The maximum Gasteiger partial charge on any atom is 0.0546 e. The van der Waals surface area contributed by atoms with Crippen molar-refractivity contribution in [1.82, 2.24) is 0 Å². The molecule has 0 spiro atoms. The van der Waals surface area contributed by atoms with E-state index in [1.165, 1.54) is 75.8 Å². The number of nitrogens with zero attached hydrogens (tertiary/aromatic N) is 1. The molecular formula is C54H37NS. The summed E-state index contributed by atoms with van der Waals surface area (Å²) in [5.41, 5.74) is 15.2. The molecule has 1 heterocycles. The van der Waals surface area contributed by atoms with Crippen molar-refractivity contribution >= 4 is 48.6 Å². The van der Waals surface area contributed by atoms with E-state index in [0.29, 0.717) is 0 Å². The van der Waals surface area contributed by atoms with Crippen LogP contribution in [0.15, 0.2) is 224 Å². The minimum Gasteiger partial charge on any atom is -0.310 e. The van der Waals surface area contributed by atoms with Crippen molar-refractivity contribution in [3.63, 3.8) is 0 Å². The van der Waals surface area contributed by atoms with Gasteiger partial charge in [-0.25, -0.2) is 0 Å². The Morgan fingerprint density at radius 3 is 1.55 bits per heavy atom. The Kier molecular flexibility index (Phi) is 8.79. The second-order valence-corrected chi connectivity index (χ2v) is 15.2. The van der Waals surface area contributed by atoms with Crippen LogP contribution in [-0.4, -0.2) is 0 Å². The summed E-state index contributed by atoms with van der Waals surface area (Å²) in [6.07, 6.45) is 0. The van der Waals surface area contributed by atoms with Crippen molar-refractivity contribution in [2.24, 2.45) is 0 Å². The topological polar surface area (TPSA) is 3.24 Å². The van der Waals surface area contributed by atoms with Crippen molar-refractivity contribution in [2.75, 3.05) is 4.90 Å². The predicted octanol–water partition coefficient (Wildman–Crippen LogP) is 15.9. The molecular weight excluding hydrogens is 695 g/mol. The van der Waals surface area contributed by atoms with E-state index in [9.17, 15) is 0 Å². The Morgan fingerprint density at radius 1 is 0.286 bits per heavy atom. The molecule has 0 radical (unpaired) electrons. The molecule has 10 aromatic rings. The number of hydrogen-bond acceptors (Lipinski definition) is 2. The lowest BCUT2D eigenvalue weighted by Gasteiger charge is -2.30. The van der Waals surface area contributed by atoms with E-state index >= 15 is 0 Å². The van der Waals surface area contributed by atoms with E-state index in [4.69, 9.17) is 0 Å². The van der Waals surface area contributed by atoms with Gasteiger partial charge in [-0.3, -0.25) is 0 Å². The van der Waals surface area contributed by atoms with Crippen LogP contribution in [0.1, 0.15) is 0 Å². The minimum atomic E-state index is 1.09. The molecule has 0 aliphatic rings. The van der Waals surface area contributed by atoms with Crippen LogP contribution in [0.2, 0.25) is 0 Å². The number of thiophene rings is 1. The van der Waals surface area contributed by atoms with Crippen LogP contribution < -0.4 is 4.90 Å². The summed E-state index contributed by atoms with van der Waals surface area (Å²) in [6, 6.07) is 81.4. The lowest BCUT2D eigenvalue weighted by atomic mass is 9.87. The first-order chi connectivity index (χ1) is 27.8. The van der Waals surface area contributed by atoms with Crippen LogP contribution in [0.25, 0.3) is 75.8 Å². The summed E-state index contributed by atoms with van der Waals surface area (Å²) < 4.78 is 2.64. The molecule has 1 nitrogen and oxygen atoms in total. The molecule has 0 unspecified atom stereocenters. The quantitative estimate of drug-likeness (QED) is 0.150. The number of fused-ring (bicyclic) bond motifs is 3. The summed E-state index contributed by atoms with van der Waals surface area (Å²) in [6.45, 7) is 0. The van der Waals surface area contributed by atoms with Gasteiger partial charge in [0.15, 0.2) is 0 Å². The highest BCUT2D eigenvalue weighted by Gasteiger charge is 2.23. The van der Waals surface area contributed by atoms with Gasteiger partial charge in [0.2, 0.25) is 0 Å². The first kappa shape index (κ1) is 33.6. The molecule has 0 aliphatic carbocycles. The first-order valence-corrected chi connectivity index (χ1v) is 19.9. The van der Waals surface area contributed by atoms with Gasteiger partial charge in [-0.15, -0.1) is 11.3 Å². The van der Waals surface area contributed by atoms with Crippen LogP contribution in [0.3, 0.4) is 0 Å². The lowest BCUT2D eigenvalue weighted by Crippen LogP contribution is -2.12. The van der Waals surface area contributed by atoms with E-state index in [0.717, 1.165) is 17.1 Å². The van der Waals surface area contributed by atoms with Crippen LogP contribution in [0.4, 0.5) is 17.1 Å². The number of hydrogen-bond donors (Lipinski definition) is 0. The van der Waals surface area contributed by atoms with E-state index in [2.05, 4.69) is 229 Å². The Morgan fingerprint density at radius 2 is 0.804 bits per heavy atom. The fourth-order valence-corrected chi connectivity index (χ4v) is 9.17. The zero-order chi connectivity index (χ0) is 37.3. The summed E-state index contributed by atoms with van der Waals surface area (Å²) in [7, 11) is 0. The van der Waals surface area contributed by atoms with Gasteiger partial charge in [0.25, 0.3) is 0 Å². The van der Waals surface area contributed by atoms with Gasteiger partial charge < -0.3 is 4.90 Å². The molecule has 1 aromatic heterocycles. The summed E-state index contributed by atoms with van der Waals surface area (Å²) >= 11 is 1.86. The highest BCUT2D eigenvalue weighted by Crippen LogP contribution is 2.48. The zero-order valence-corrected chi connectivity index (χ0v) is 31.5. The minimum absolute atomic E-state index is 1.09. The largest absolute Gasteiger partial charge is 0.310 e. The molecule has 9 aromatic carbocycles. The van der Waals surface area contributed by atoms with Gasteiger partial charge >= 0.3 is 0 Å². The van der Waals surface area contributed by atoms with Crippen molar-refractivity contribution in [3.05, 3.63) is 224 Å². The highest BCUT2D eigenvalue weighted by atomic mass is 32.1. The Bertz CT molecular complexity index is 2950. The monoisotopic (exact) mass is 731 g/mol. The molecule has 56 heavy (non-hydrogen) atoms. The van der Waals surface area contributed by atoms with Gasteiger partial charge in [-0.05, 0) is 92.5 Å². The van der Waals surface area contributed by atoms with Gasteiger partial charge in [0, 0.05) is 37.1 Å². The number of rotatable bonds is 8. The molecule has 0 saturated heterocycles. The molecule has 0 aliphatic heterocycles. The molecule has 0 bridgehead atoms. The van der Waals surface area contributed by atoms with Crippen molar-refractivity contribution < 1.29 is 0 Å². The average Bonchev–Trinajstić information content (AvgIpc) is 3.66. The van der Waals surface area contributed by atoms with E-state index in [-0.39, 0.29) is 0 Å². The fourth-order valence-electron chi connectivity index (χ4n) is 8.03. The van der Waals surface area contributed by atoms with Gasteiger partial charge in [-0.2, -0.15) is 0 Å². The first-order valence-electron chi connectivity index (χ1n) is 19.1. The molecule has 264 valence electrons. The van der Waals surface area contributed by atoms with Crippen LogP contribution >= 0.6 is 11.3 Å². The summed E-state index contributed by atoms with van der Waals surface area (Å²) in [5.74, 6) is 0. The lowest BCUT2D eigenvalue weighted by molar-refractivity contribution is 1.28. The summed E-state index contributed by atoms with van der Waals surface area (Å²) in [4.78, 5) is 2.44.